The van der Waals surface area contributed by atoms with Crippen LogP contribution in [0.1, 0.15) is 45.2 Å². The third kappa shape index (κ3) is 12.1. The number of carbonyl (C=O) groups excluding carboxylic acids is 4. The molecule has 0 unspecified atom stereocenters. The van der Waals surface area contributed by atoms with Crippen LogP contribution in [0, 0.1) is 11.8 Å². The molecule has 4 amide bonds. The first-order chi connectivity index (χ1) is 20.3. The van der Waals surface area contributed by atoms with Crippen molar-refractivity contribution in [1.82, 2.24) is 21.3 Å². The molecule has 8 N–H and O–H groups in total. The van der Waals surface area contributed by atoms with E-state index in [-0.39, 0.29) is 36.8 Å². The highest BCUT2D eigenvalue weighted by molar-refractivity contribution is 5.94. The van der Waals surface area contributed by atoms with Crippen LogP contribution in [0.2, 0.25) is 0 Å². The van der Waals surface area contributed by atoms with Crippen LogP contribution in [0.4, 0.5) is 0 Å². The number of carboxylic acids is 1. The molecule has 0 aromatic heterocycles. The Bertz CT molecular complexity index is 1230. The molecule has 4 atom stereocenters. The number of amides is 4. The third-order valence-corrected chi connectivity index (χ3v) is 6.65. The van der Waals surface area contributed by atoms with E-state index >= 15 is 0 Å². The van der Waals surface area contributed by atoms with Gasteiger partial charge in [0.2, 0.25) is 23.6 Å². The van der Waals surface area contributed by atoms with Gasteiger partial charge in [0, 0.05) is 6.42 Å². The summed E-state index contributed by atoms with van der Waals surface area (Å²) in [6, 6.07) is 11.0. The van der Waals surface area contributed by atoms with E-state index in [2.05, 4.69) is 21.3 Å². The van der Waals surface area contributed by atoms with Crippen molar-refractivity contribution in [2.45, 2.75) is 71.1 Å². The van der Waals surface area contributed by atoms with Gasteiger partial charge in [0.25, 0.3) is 0 Å². The quantitative estimate of drug-likeness (QED) is 0.148. The molecule has 0 radical (unpaired) electrons. The lowest BCUT2D eigenvalue weighted by molar-refractivity contribution is -0.142. The molecule has 12 nitrogen and oxygen atoms in total. The Morgan fingerprint density at radius 1 is 0.744 bits per heavy atom. The van der Waals surface area contributed by atoms with Crippen LogP contribution in [-0.4, -0.2) is 70.5 Å². The maximum absolute atomic E-state index is 13.1. The van der Waals surface area contributed by atoms with Crippen molar-refractivity contribution < 1.29 is 34.2 Å². The molecule has 0 aliphatic rings. The average Bonchev–Trinajstić information content (AvgIpc) is 2.95. The molecule has 0 aliphatic heterocycles. The Hall–Kier alpha value is -4.45. The highest BCUT2D eigenvalue weighted by atomic mass is 16.4. The van der Waals surface area contributed by atoms with E-state index in [9.17, 15) is 34.2 Å². The molecular formula is C31H43N5O7. The maximum Gasteiger partial charge on any atom is 0.326 e. The molecule has 0 spiro atoms. The molecule has 0 bridgehead atoms. The van der Waals surface area contributed by atoms with Crippen LogP contribution in [0.25, 0.3) is 0 Å². The lowest BCUT2D eigenvalue weighted by Crippen LogP contribution is -2.56. The number of phenolic OH excluding ortho intramolecular Hbond substituents is 1. The number of carboxylic acid groups (broad SMARTS) is 1. The number of nitrogens with two attached hydrogens (primary N) is 1. The van der Waals surface area contributed by atoms with E-state index in [1.165, 1.54) is 12.1 Å². The molecule has 2 rings (SSSR count). The second kappa shape index (κ2) is 16.9. The van der Waals surface area contributed by atoms with Crippen LogP contribution >= 0.6 is 0 Å². The van der Waals surface area contributed by atoms with Crippen molar-refractivity contribution in [1.29, 1.82) is 0 Å². The topological polar surface area (TPSA) is 200 Å². The minimum atomic E-state index is -1.18. The molecule has 0 aliphatic carbocycles. The molecular weight excluding hydrogens is 554 g/mol. The first-order valence-electron chi connectivity index (χ1n) is 14.2. The van der Waals surface area contributed by atoms with Crippen LogP contribution in [0.15, 0.2) is 54.6 Å². The van der Waals surface area contributed by atoms with Gasteiger partial charge in [-0.1, -0.05) is 70.2 Å². The molecule has 0 saturated heterocycles. The zero-order chi connectivity index (χ0) is 32.1. The fourth-order valence-electron chi connectivity index (χ4n) is 4.32. The fraction of sp³-hybridized carbons (Fsp3) is 0.452. The Kier molecular flexibility index (Phi) is 13.6. The van der Waals surface area contributed by atoms with Crippen molar-refractivity contribution in [3.63, 3.8) is 0 Å². The van der Waals surface area contributed by atoms with Gasteiger partial charge in [-0.05, 0) is 47.9 Å². The minimum Gasteiger partial charge on any atom is -0.508 e. The van der Waals surface area contributed by atoms with Gasteiger partial charge in [-0.3, -0.25) is 19.2 Å². The SMILES string of the molecule is CC(C)C[C@H](NC(=O)[C@H](Cc1ccccc1)NC(=O)CNC(=O)[C@H](NC(=O)[C@@H](N)Cc1ccc(O)cc1)C(C)C)C(=O)O. The molecule has 234 valence electrons. The largest absolute Gasteiger partial charge is 0.508 e. The summed E-state index contributed by atoms with van der Waals surface area (Å²) in [7, 11) is 0. The van der Waals surface area contributed by atoms with E-state index in [1.54, 1.807) is 56.3 Å². The second-order valence-electron chi connectivity index (χ2n) is 11.3. The highest BCUT2D eigenvalue weighted by Crippen LogP contribution is 2.12. The second-order valence-corrected chi connectivity index (χ2v) is 11.3. The molecule has 12 heteroatoms. The number of hydrogen-bond acceptors (Lipinski definition) is 7. The minimum absolute atomic E-state index is 0.00975. The number of phenols is 1. The number of nitrogens with one attached hydrogen (secondary N) is 4. The average molecular weight is 598 g/mol. The predicted octanol–water partition coefficient (Wildman–Crippen LogP) is 0.862. The first-order valence-corrected chi connectivity index (χ1v) is 14.2. The number of rotatable bonds is 16. The lowest BCUT2D eigenvalue weighted by atomic mass is 10.0. The van der Waals surface area contributed by atoms with Crippen LogP contribution in [0.5, 0.6) is 5.75 Å². The summed E-state index contributed by atoms with van der Waals surface area (Å²) < 4.78 is 0. The summed E-state index contributed by atoms with van der Waals surface area (Å²) in [5.74, 6) is -3.91. The fourth-order valence-corrected chi connectivity index (χ4v) is 4.32. The van der Waals surface area contributed by atoms with Gasteiger partial charge < -0.3 is 37.2 Å². The van der Waals surface area contributed by atoms with Crippen molar-refractivity contribution in [2.75, 3.05) is 6.54 Å². The Morgan fingerprint density at radius 3 is 1.91 bits per heavy atom. The molecule has 0 fully saturated rings. The molecule has 2 aromatic rings. The molecule has 0 saturated carbocycles. The Balaban J connectivity index is 2.02. The Morgan fingerprint density at radius 2 is 1.35 bits per heavy atom. The van der Waals surface area contributed by atoms with Crippen molar-refractivity contribution >= 4 is 29.6 Å². The highest BCUT2D eigenvalue weighted by Gasteiger charge is 2.29. The van der Waals surface area contributed by atoms with Gasteiger partial charge in [-0.15, -0.1) is 0 Å². The zero-order valence-corrected chi connectivity index (χ0v) is 25.0. The van der Waals surface area contributed by atoms with Crippen LogP contribution in [-0.2, 0) is 36.8 Å². The molecule has 43 heavy (non-hydrogen) atoms. The standard InChI is InChI=1S/C31H43N5O7/c1-18(2)14-25(31(42)43)35-29(40)24(16-20-8-6-5-7-9-20)34-26(38)17-33-30(41)27(19(3)4)36-28(39)23(32)15-21-10-12-22(37)13-11-21/h5-13,18-19,23-25,27,37H,14-17,32H2,1-4H3,(H,33,41)(H,34,38)(H,35,40)(H,36,39)(H,42,43)/t23-,24-,25-,27+/m0/s1. The summed E-state index contributed by atoms with van der Waals surface area (Å²) in [5, 5.41) is 29.2. The van der Waals surface area contributed by atoms with Gasteiger partial charge in [-0.2, -0.15) is 0 Å². The van der Waals surface area contributed by atoms with E-state index in [4.69, 9.17) is 5.73 Å². The van der Waals surface area contributed by atoms with E-state index in [0.29, 0.717) is 0 Å². The maximum atomic E-state index is 13.1. The Labute approximate surface area is 251 Å². The van der Waals surface area contributed by atoms with Crippen molar-refractivity contribution in [3.8, 4) is 5.75 Å². The monoisotopic (exact) mass is 597 g/mol. The summed E-state index contributed by atoms with van der Waals surface area (Å²) in [5.41, 5.74) is 7.52. The normalized spacial score (nSPS) is 13.8. The van der Waals surface area contributed by atoms with Gasteiger partial charge >= 0.3 is 5.97 Å². The van der Waals surface area contributed by atoms with Gasteiger partial charge in [0.05, 0.1) is 12.6 Å². The molecule has 0 heterocycles. The van der Waals surface area contributed by atoms with Gasteiger partial charge in [-0.25, -0.2) is 4.79 Å². The smallest absolute Gasteiger partial charge is 0.326 e. The van der Waals surface area contributed by atoms with E-state index in [1.807, 2.05) is 13.8 Å². The number of carbonyl (C=O) groups is 5. The number of benzene rings is 2. The van der Waals surface area contributed by atoms with Crippen molar-refractivity contribution in [2.24, 2.45) is 17.6 Å². The summed E-state index contributed by atoms with van der Waals surface area (Å²) in [4.78, 5) is 63.3. The molecule has 2 aromatic carbocycles. The number of aliphatic carboxylic acids is 1. The lowest BCUT2D eigenvalue weighted by Gasteiger charge is -2.24. The zero-order valence-electron chi connectivity index (χ0n) is 25.0. The van der Waals surface area contributed by atoms with Gasteiger partial charge in [0.15, 0.2) is 0 Å². The van der Waals surface area contributed by atoms with Crippen LogP contribution < -0.4 is 27.0 Å². The number of hydrogen-bond donors (Lipinski definition) is 7. The predicted molar refractivity (Wildman–Crippen MR) is 161 cm³/mol. The summed E-state index contributed by atoms with van der Waals surface area (Å²) in [6.07, 6.45) is 0.500. The van der Waals surface area contributed by atoms with Crippen molar-refractivity contribution in [3.05, 3.63) is 65.7 Å². The first kappa shape index (κ1) is 34.7. The summed E-state index contributed by atoms with van der Waals surface area (Å²) in [6.45, 7) is 6.65. The van der Waals surface area contributed by atoms with Gasteiger partial charge in [0.1, 0.15) is 23.9 Å². The number of aromatic hydroxyl groups is 1. The van der Waals surface area contributed by atoms with Crippen LogP contribution in [0.3, 0.4) is 0 Å². The van der Waals surface area contributed by atoms with E-state index < -0.39 is 60.3 Å². The van der Waals surface area contributed by atoms with E-state index in [0.717, 1.165) is 11.1 Å². The summed E-state index contributed by atoms with van der Waals surface area (Å²) >= 11 is 0. The third-order valence-electron chi connectivity index (χ3n) is 6.65.